The van der Waals surface area contributed by atoms with Crippen LogP contribution in [0.2, 0.25) is 0 Å². The lowest BCUT2D eigenvalue weighted by Gasteiger charge is -2.32. The highest BCUT2D eigenvalue weighted by molar-refractivity contribution is 5.73. The number of hydrogen-bond donors (Lipinski definition) is 2. The highest BCUT2D eigenvalue weighted by Gasteiger charge is 2.32. The van der Waals surface area contributed by atoms with E-state index in [-0.39, 0.29) is 18.6 Å². The van der Waals surface area contributed by atoms with Gasteiger partial charge >= 0.3 is 12.3 Å². The van der Waals surface area contributed by atoms with E-state index < -0.39 is 17.8 Å². The maximum atomic E-state index is 13.4. The second kappa shape index (κ2) is 10.7. The zero-order valence-electron chi connectivity index (χ0n) is 19.5. The van der Waals surface area contributed by atoms with Gasteiger partial charge in [-0.15, -0.1) is 10.2 Å². The molecule has 4 rings (SSSR count). The molecule has 1 aliphatic carbocycles. The molecule has 2 heterocycles. The van der Waals surface area contributed by atoms with Crippen molar-refractivity contribution in [2.45, 2.75) is 57.7 Å². The Morgan fingerprint density at radius 1 is 1.20 bits per heavy atom. The summed E-state index contributed by atoms with van der Waals surface area (Å²) in [5.74, 6) is 0.657. The van der Waals surface area contributed by atoms with Crippen LogP contribution in [0, 0.1) is 0 Å². The van der Waals surface area contributed by atoms with Gasteiger partial charge in [0, 0.05) is 36.9 Å². The Bertz CT molecular complexity index is 1060. The van der Waals surface area contributed by atoms with Gasteiger partial charge in [0.05, 0.1) is 5.56 Å². The average Bonchev–Trinajstić information content (AvgIpc) is 2.84. The minimum absolute atomic E-state index is 0.0421. The molecule has 8 nitrogen and oxygen atoms in total. The normalized spacial score (nSPS) is 18.2. The van der Waals surface area contributed by atoms with Crippen LogP contribution < -0.4 is 10.1 Å². The first-order valence-corrected chi connectivity index (χ1v) is 11.8. The number of piperidine rings is 1. The van der Waals surface area contributed by atoms with Crippen molar-refractivity contribution in [3.63, 3.8) is 0 Å². The van der Waals surface area contributed by atoms with Gasteiger partial charge in [-0.25, -0.2) is 4.79 Å². The molecule has 0 spiro atoms. The highest BCUT2D eigenvalue weighted by atomic mass is 19.4. The van der Waals surface area contributed by atoms with E-state index in [4.69, 9.17) is 9.47 Å². The lowest BCUT2D eigenvalue weighted by atomic mass is 9.88. The Labute approximate surface area is 201 Å². The number of ether oxygens (including phenoxy) is 2. The van der Waals surface area contributed by atoms with E-state index in [0.29, 0.717) is 43.2 Å². The summed E-state index contributed by atoms with van der Waals surface area (Å²) >= 11 is 0. The third-order valence-corrected chi connectivity index (χ3v) is 6.39. The summed E-state index contributed by atoms with van der Waals surface area (Å²) in [6.45, 7) is 2.83. The summed E-state index contributed by atoms with van der Waals surface area (Å²) in [4.78, 5) is 12.8. The van der Waals surface area contributed by atoms with Crippen molar-refractivity contribution >= 4 is 11.9 Å². The van der Waals surface area contributed by atoms with E-state index in [0.717, 1.165) is 55.4 Å². The van der Waals surface area contributed by atoms with Crippen molar-refractivity contribution in [3.8, 4) is 17.0 Å². The molecule has 11 heteroatoms. The van der Waals surface area contributed by atoms with Gasteiger partial charge in [0.1, 0.15) is 11.4 Å². The topological polar surface area (TPSA) is 96.8 Å². The second-order valence-corrected chi connectivity index (χ2v) is 8.74. The standard InChI is InChI=1S/C24H29F3N4O4/c1-2-34-14-35-20-12-15(24(25,26)27)9-10-19(20)21-17-7-3-4-8-18(17)22(30-29-21)28-16-6-5-11-31(13-16)23(32)33/h9-10,12,16H,2-8,11,13-14H2,1H3,(H,28,30)(H,32,33)/t16-/m1/s1. The van der Waals surface area contributed by atoms with Gasteiger partial charge in [-0.2, -0.15) is 13.2 Å². The van der Waals surface area contributed by atoms with Crippen LogP contribution in [0.25, 0.3) is 11.3 Å². The predicted octanol–water partition coefficient (Wildman–Crippen LogP) is 4.97. The van der Waals surface area contributed by atoms with Crippen molar-refractivity contribution in [2.24, 2.45) is 0 Å². The smallest absolute Gasteiger partial charge is 0.416 e. The number of likely N-dealkylation sites (tertiary alicyclic amines) is 1. The largest absolute Gasteiger partial charge is 0.467 e. The number of benzene rings is 1. The number of nitrogens with zero attached hydrogens (tertiary/aromatic N) is 3. The number of fused-ring (bicyclic) bond motifs is 1. The van der Waals surface area contributed by atoms with Crippen LogP contribution in [0.5, 0.6) is 5.75 Å². The number of rotatable bonds is 7. The van der Waals surface area contributed by atoms with Crippen molar-refractivity contribution < 1.29 is 32.5 Å². The van der Waals surface area contributed by atoms with Crippen LogP contribution >= 0.6 is 0 Å². The van der Waals surface area contributed by atoms with Crippen molar-refractivity contribution in [2.75, 3.05) is 31.8 Å². The molecule has 1 fully saturated rings. The number of nitrogens with one attached hydrogen (secondary N) is 1. The van der Waals surface area contributed by atoms with Gasteiger partial charge < -0.3 is 24.8 Å². The predicted molar refractivity (Wildman–Crippen MR) is 122 cm³/mol. The van der Waals surface area contributed by atoms with Gasteiger partial charge in [-0.05, 0) is 69.2 Å². The molecule has 2 aromatic rings. The lowest BCUT2D eigenvalue weighted by Crippen LogP contribution is -2.44. The Morgan fingerprint density at radius 2 is 1.97 bits per heavy atom. The summed E-state index contributed by atoms with van der Waals surface area (Å²) in [5.41, 5.74) is 2.03. The maximum absolute atomic E-state index is 13.4. The van der Waals surface area contributed by atoms with E-state index >= 15 is 0 Å². The molecule has 0 bridgehead atoms. The Balaban J connectivity index is 1.68. The molecule has 1 amide bonds. The summed E-state index contributed by atoms with van der Waals surface area (Å²) in [6.07, 6.45) is -0.526. The lowest BCUT2D eigenvalue weighted by molar-refractivity contribution is -0.137. The Kier molecular flexibility index (Phi) is 7.63. The third-order valence-electron chi connectivity index (χ3n) is 6.39. The number of anilines is 1. The molecule has 1 aliphatic heterocycles. The van der Waals surface area contributed by atoms with Gasteiger partial charge in [0.2, 0.25) is 0 Å². The van der Waals surface area contributed by atoms with Crippen LogP contribution in [0.15, 0.2) is 18.2 Å². The Morgan fingerprint density at radius 3 is 2.69 bits per heavy atom. The molecule has 2 aliphatic rings. The van der Waals surface area contributed by atoms with Crippen LogP contribution in [0.1, 0.15) is 49.3 Å². The number of carboxylic acid groups (broad SMARTS) is 1. The zero-order valence-corrected chi connectivity index (χ0v) is 19.5. The van der Waals surface area contributed by atoms with E-state index in [1.54, 1.807) is 6.92 Å². The fraction of sp³-hybridized carbons (Fsp3) is 0.542. The number of alkyl halides is 3. The van der Waals surface area contributed by atoms with Crippen LogP contribution in [-0.4, -0.2) is 58.8 Å². The first-order valence-electron chi connectivity index (χ1n) is 11.8. The molecule has 1 aromatic heterocycles. The minimum Gasteiger partial charge on any atom is -0.467 e. The van der Waals surface area contributed by atoms with E-state index in [2.05, 4.69) is 15.5 Å². The molecule has 1 atom stereocenters. The molecule has 0 saturated carbocycles. The fourth-order valence-corrected chi connectivity index (χ4v) is 4.65. The van der Waals surface area contributed by atoms with Crippen LogP contribution in [0.4, 0.5) is 23.8 Å². The number of aromatic nitrogens is 2. The summed E-state index contributed by atoms with van der Waals surface area (Å²) < 4.78 is 50.8. The highest BCUT2D eigenvalue weighted by Crippen LogP contribution is 2.40. The molecule has 2 N–H and O–H groups in total. The third kappa shape index (κ3) is 5.77. The van der Waals surface area contributed by atoms with E-state index in [1.807, 2.05) is 0 Å². The summed E-state index contributed by atoms with van der Waals surface area (Å²) in [6, 6.07) is 3.29. The number of halogens is 3. The zero-order chi connectivity index (χ0) is 25.0. The quantitative estimate of drug-likeness (QED) is 0.414. The molecule has 1 aromatic carbocycles. The molecule has 0 radical (unpaired) electrons. The minimum atomic E-state index is -4.51. The molecule has 0 unspecified atom stereocenters. The number of amides is 1. The van der Waals surface area contributed by atoms with Gasteiger partial charge in [0.25, 0.3) is 0 Å². The van der Waals surface area contributed by atoms with Gasteiger partial charge in [0.15, 0.2) is 12.6 Å². The Hall–Kier alpha value is -3.08. The SMILES string of the molecule is CCOCOc1cc(C(F)(F)F)ccc1-c1nnc(N[C@@H]2CCCN(C(=O)O)C2)c2c1CCCC2. The van der Waals surface area contributed by atoms with E-state index in [9.17, 15) is 23.1 Å². The van der Waals surface area contributed by atoms with Crippen LogP contribution in [0.3, 0.4) is 0 Å². The average molecular weight is 495 g/mol. The van der Waals surface area contributed by atoms with Crippen molar-refractivity contribution in [3.05, 3.63) is 34.9 Å². The van der Waals surface area contributed by atoms with E-state index in [1.165, 1.54) is 11.0 Å². The maximum Gasteiger partial charge on any atom is 0.416 e. The molecule has 190 valence electrons. The van der Waals surface area contributed by atoms with Crippen LogP contribution in [-0.2, 0) is 23.8 Å². The first-order chi connectivity index (χ1) is 16.8. The number of carbonyl (C=O) groups is 1. The monoisotopic (exact) mass is 494 g/mol. The molecule has 1 saturated heterocycles. The molecule has 35 heavy (non-hydrogen) atoms. The fourth-order valence-electron chi connectivity index (χ4n) is 4.65. The first kappa shape index (κ1) is 25.0. The second-order valence-electron chi connectivity index (χ2n) is 8.74. The van der Waals surface area contributed by atoms with Gasteiger partial charge in [-0.3, -0.25) is 0 Å². The molecular formula is C24H29F3N4O4. The van der Waals surface area contributed by atoms with Gasteiger partial charge in [-0.1, -0.05) is 0 Å². The van der Waals surface area contributed by atoms with Crippen molar-refractivity contribution in [1.29, 1.82) is 0 Å². The van der Waals surface area contributed by atoms with Crippen molar-refractivity contribution in [1.82, 2.24) is 15.1 Å². The summed E-state index contributed by atoms with van der Waals surface area (Å²) in [7, 11) is 0. The molecular weight excluding hydrogens is 465 g/mol. The summed E-state index contributed by atoms with van der Waals surface area (Å²) in [5, 5.41) is 21.5. The number of hydrogen-bond acceptors (Lipinski definition) is 6.